The highest BCUT2D eigenvalue weighted by molar-refractivity contribution is 7.95. The minimum absolute atomic E-state index is 0.0134. The fourth-order valence-electron chi connectivity index (χ4n) is 2.50. The van der Waals surface area contributed by atoms with Gasteiger partial charge in [0.1, 0.15) is 0 Å². The molecule has 112 valence electrons. The van der Waals surface area contributed by atoms with Gasteiger partial charge in [-0.2, -0.15) is 0 Å². The number of hydrogen-bond acceptors (Lipinski definition) is 6. The normalized spacial score (nSPS) is 33.8. The fraction of sp³-hybridized carbons (Fsp3) is 1.00. The smallest absolute Gasteiger partial charge is 0.218 e. The predicted molar refractivity (Wildman–Crippen MR) is 70.8 cm³/mol. The van der Waals surface area contributed by atoms with Gasteiger partial charge in [0, 0.05) is 13.1 Å². The summed E-state index contributed by atoms with van der Waals surface area (Å²) in [5.74, 6) is -0.671. The maximum Gasteiger partial charge on any atom is 0.218 e. The lowest BCUT2D eigenvalue weighted by Gasteiger charge is -2.25. The molecule has 2 heterocycles. The molecule has 2 aliphatic rings. The minimum atomic E-state index is -3.75. The zero-order valence-corrected chi connectivity index (χ0v) is 13.0. The van der Waals surface area contributed by atoms with E-state index in [0.717, 1.165) is 4.31 Å². The molecule has 2 saturated heterocycles. The zero-order valence-electron chi connectivity index (χ0n) is 10.5. The van der Waals surface area contributed by atoms with Gasteiger partial charge in [-0.05, 0) is 12.8 Å². The van der Waals surface area contributed by atoms with Crippen LogP contribution in [0.1, 0.15) is 12.8 Å². The van der Waals surface area contributed by atoms with E-state index in [1.165, 1.54) is 7.05 Å². The van der Waals surface area contributed by atoms with Gasteiger partial charge < -0.3 is 0 Å². The van der Waals surface area contributed by atoms with Crippen LogP contribution in [-0.2, 0) is 29.7 Å². The Morgan fingerprint density at radius 2 is 1.47 bits per heavy atom. The van der Waals surface area contributed by atoms with Crippen LogP contribution in [0.15, 0.2) is 0 Å². The molecule has 0 aliphatic carbocycles. The van der Waals surface area contributed by atoms with Crippen LogP contribution in [0.2, 0.25) is 0 Å². The van der Waals surface area contributed by atoms with E-state index in [1.54, 1.807) is 0 Å². The summed E-state index contributed by atoms with van der Waals surface area (Å²) in [6.45, 7) is 0. The van der Waals surface area contributed by atoms with Gasteiger partial charge in [-0.15, -0.1) is 0 Å². The zero-order chi connectivity index (χ0) is 14.5. The molecule has 19 heavy (non-hydrogen) atoms. The number of nitrogens with zero attached hydrogens (tertiary/aromatic N) is 1. The second kappa shape index (κ2) is 4.68. The van der Waals surface area contributed by atoms with Crippen molar-refractivity contribution >= 4 is 29.7 Å². The van der Waals surface area contributed by atoms with Crippen LogP contribution in [0.5, 0.6) is 0 Å². The average Bonchev–Trinajstić information content (AvgIpc) is 2.80. The van der Waals surface area contributed by atoms with Crippen LogP contribution in [-0.4, -0.2) is 70.9 Å². The molecule has 2 atom stereocenters. The lowest BCUT2D eigenvalue weighted by atomic mass is 10.3. The van der Waals surface area contributed by atoms with E-state index in [2.05, 4.69) is 0 Å². The monoisotopic (exact) mass is 331 g/mol. The molecule has 0 amide bonds. The quantitative estimate of drug-likeness (QED) is 0.631. The Kier molecular flexibility index (Phi) is 3.74. The van der Waals surface area contributed by atoms with Gasteiger partial charge in [0.05, 0.1) is 28.3 Å². The summed E-state index contributed by atoms with van der Waals surface area (Å²) in [6.07, 6.45) is 0.367. The Hall–Kier alpha value is -0.190. The standard InChI is InChI=1S/C9H17NO6S3/c1-10(8-2-4-17(11,12)6-8)19(15,16)9-3-5-18(13,14)7-9/h8-9H,2-7H2,1H3/t8-,9-/m0/s1. The van der Waals surface area contributed by atoms with E-state index in [4.69, 9.17) is 0 Å². The molecule has 0 spiro atoms. The summed E-state index contributed by atoms with van der Waals surface area (Å²) in [5, 5.41) is -0.939. The van der Waals surface area contributed by atoms with Crippen molar-refractivity contribution < 1.29 is 25.3 Å². The maximum absolute atomic E-state index is 12.3. The Labute approximate surface area is 113 Å². The van der Waals surface area contributed by atoms with Crippen LogP contribution >= 0.6 is 0 Å². The SMILES string of the molecule is CN([C@H]1CCS(=O)(=O)C1)S(=O)(=O)[C@H]1CCS(=O)(=O)C1. The number of sulfonamides is 1. The van der Waals surface area contributed by atoms with Crippen molar-refractivity contribution in [2.24, 2.45) is 0 Å². The number of sulfone groups is 2. The van der Waals surface area contributed by atoms with Gasteiger partial charge in [0.25, 0.3) is 0 Å². The molecule has 10 heteroatoms. The lowest BCUT2D eigenvalue weighted by molar-refractivity contribution is 0.388. The summed E-state index contributed by atoms with van der Waals surface area (Å²) in [7, 11) is -8.87. The molecule has 0 unspecified atom stereocenters. The van der Waals surface area contributed by atoms with Crippen molar-refractivity contribution in [3.8, 4) is 0 Å². The van der Waals surface area contributed by atoms with E-state index >= 15 is 0 Å². The topological polar surface area (TPSA) is 106 Å². The Balaban J connectivity index is 2.17. The average molecular weight is 331 g/mol. The van der Waals surface area contributed by atoms with E-state index in [9.17, 15) is 25.3 Å². The summed E-state index contributed by atoms with van der Waals surface area (Å²) in [5.41, 5.74) is 0. The van der Waals surface area contributed by atoms with E-state index in [-0.39, 0.29) is 35.9 Å². The molecule has 0 N–H and O–H groups in total. The molecule has 2 aliphatic heterocycles. The first-order valence-electron chi connectivity index (χ1n) is 5.91. The second-order valence-electron chi connectivity index (χ2n) is 5.14. The lowest BCUT2D eigenvalue weighted by Crippen LogP contribution is -2.43. The van der Waals surface area contributed by atoms with Crippen molar-refractivity contribution in [1.82, 2.24) is 4.31 Å². The molecular weight excluding hydrogens is 314 g/mol. The van der Waals surface area contributed by atoms with Gasteiger partial charge in [0.15, 0.2) is 19.7 Å². The third-order valence-corrected chi connectivity index (χ3v) is 9.81. The van der Waals surface area contributed by atoms with Crippen LogP contribution in [0, 0.1) is 0 Å². The third-order valence-electron chi connectivity index (χ3n) is 3.74. The maximum atomic E-state index is 12.3. The molecule has 0 radical (unpaired) electrons. The van der Waals surface area contributed by atoms with Crippen LogP contribution < -0.4 is 0 Å². The van der Waals surface area contributed by atoms with E-state index < -0.39 is 41.0 Å². The second-order valence-corrected chi connectivity index (χ2v) is 11.9. The van der Waals surface area contributed by atoms with Crippen molar-refractivity contribution in [1.29, 1.82) is 0 Å². The van der Waals surface area contributed by atoms with Crippen molar-refractivity contribution in [3.05, 3.63) is 0 Å². The largest absolute Gasteiger partial charge is 0.229 e. The molecule has 2 fully saturated rings. The fourth-order valence-corrected chi connectivity index (χ4v) is 8.85. The van der Waals surface area contributed by atoms with Gasteiger partial charge in [0.2, 0.25) is 10.0 Å². The molecular formula is C9H17NO6S3. The van der Waals surface area contributed by atoms with Gasteiger partial charge in [-0.3, -0.25) is 0 Å². The van der Waals surface area contributed by atoms with Crippen molar-refractivity contribution in [3.63, 3.8) is 0 Å². The highest BCUT2D eigenvalue weighted by Gasteiger charge is 2.43. The molecule has 0 aromatic heterocycles. The van der Waals surface area contributed by atoms with Gasteiger partial charge >= 0.3 is 0 Å². The highest BCUT2D eigenvalue weighted by Crippen LogP contribution is 2.26. The van der Waals surface area contributed by atoms with Crippen LogP contribution in [0.4, 0.5) is 0 Å². The first-order valence-corrected chi connectivity index (χ1v) is 11.1. The molecule has 0 bridgehead atoms. The first-order chi connectivity index (χ1) is 8.54. The highest BCUT2D eigenvalue weighted by atomic mass is 32.2. The van der Waals surface area contributed by atoms with E-state index in [1.807, 2.05) is 0 Å². The van der Waals surface area contributed by atoms with Crippen LogP contribution in [0.3, 0.4) is 0 Å². The summed E-state index contributed by atoms with van der Waals surface area (Å²) >= 11 is 0. The molecule has 2 rings (SSSR count). The summed E-state index contributed by atoms with van der Waals surface area (Å²) in [6, 6.07) is -0.571. The first kappa shape index (κ1) is 15.2. The van der Waals surface area contributed by atoms with Gasteiger partial charge in [-0.25, -0.2) is 29.6 Å². The molecule has 0 aromatic carbocycles. The van der Waals surface area contributed by atoms with Crippen molar-refractivity contribution in [2.45, 2.75) is 24.1 Å². The molecule has 0 aromatic rings. The minimum Gasteiger partial charge on any atom is -0.229 e. The van der Waals surface area contributed by atoms with E-state index in [0.29, 0.717) is 0 Å². The van der Waals surface area contributed by atoms with Gasteiger partial charge in [-0.1, -0.05) is 0 Å². The molecule has 7 nitrogen and oxygen atoms in total. The summed E-state index contributed by atoms with van der Waals surface area (Å²) < 4.78 is 71.1. The third kappa shape index (κ3) is 3.11. The number of rotatable bonds is 3. The Bertz CT molecular complexity index is 663. The Morgan fingerprint density at radius 1 is 0.947 bits per heavy atom. The Morgan fingerprint density at radius 3 is 1.89 bits per heavy atom. The summed E-state index contributed by atoms with van der Waals surface area (Å²) in [4.78, 5) is 0. The molecule has 0 saturated carbocycles. The van der Waals surface area contributed by atoms with Crippen LogP contribution in [0.25, 0.3) is 0 Å². The predicted octanol–water partition coefficient (Wildman–Crippen LogP) is -1.38. The van der Waals surface area contributed by atoms with Crippen molar-refractivity contribution in [2.75, 3.05) is 30.1 Å². The number of hydrogen-bond donors (Lipinski definition) is 0.